The molecule has 0 aliphatic heterocycles. The molecule has 0 saturated heterocycles. The quantitative estimate of drug-likeness (QED) is 0.429. The molecule has 22 heavy (non-hydrogen) atoms. The number of anilines is 1. The van der Waals surface area contributed by atoms with E-state index in [0.717, 1.165) is 36.5 Å². The molecule has 0 bridgehead atoms. The molecule has 0 amide bonds. The van der Waals surface area contributed by atoms with Crippen LogP contribution >= 0.6 is 0 Å². The number of hydrogen-bond acceptors (Lipinski definition) is 5. The molecular formula is C15H15N5O2. The smallest absolute Gasteiger partial charge is 0.269 e. The van der Waals surface area contributed by atoms with Gasteiger partial charge in [0, 0.05) is 37.0 Å². The minimum absolute atomic E-state index is 0.0977. The Morgan fingerprint density at radius 1 is 1.14 bits per heavy atom. The first-order valence-electron chi connectivity index (χ1n) is 7.01. The van der Waals surface area contributed by atoms with Crippen LogP contribution in [0.3, 0.4) is 0 Å². The first kappa shape index (κ1) is 14.0. The van der Waals surface area contributed by atoms with Gasteiger partial charge < -0.3 is 5.32 Å². The van der Waals surface area contributed by atoms with Gasteiger partial charge in [-0.15, -0.1) is 10.2 Å². The highest BCUT2D eigenvalue weighted by Gasteiger charge is 2.05. The Morgan fingerprint density at radius 2 is 1.95 bits per heavy atom. The van der Waals surface area contributed by atoms with Gasteiger partial charge in [0.05, 0.1) is 4.92 Å². The molecule has 1 N–H and O–H groups in total. The third-order valence-corrected chi connectivity index (χ3v) is 3.37. The predicted molar refractivity (Wildman–Crippen MR) is 82.9 cm³/mol. The fourth-order valence-corrected chi connectivity index (χ4v) is 2.24. The average molecular weight is 297 g/mol. The number of hydrogen-bond donors (Lipinski definition) is 1. The van der Waals surface area contributed by atoms with Crippen molar-refractivity contribution in [1.29, 1.82) is 0 Å². The Kier molecular flexibility index (Phi) is 3.95. The predicted octanol–water partition coefficient (Wildman–Crippen LogP) is 2.68. The molecule has 0 fully saturated rings. The molecule has 112 valence electrons. The zero-order chi connectivity index (χ0) is 15.4. The van der Waals surface area contributed by atoms with E-state index in [1.54, 1.807) is 12.1 Å². The lowest BCUT2D eigenvalue weighted by molar-refractivity contribution is -0.384. The highest BCUT2D eigenvalue weighted by Crippen LogP contribution is 2.15. The van der Waals surface area contributed by atoms with Gasteiger partial charge in [0.1, 0.15) is 5.82 Å². The summed E-state index contributed by atoms with van der Waals surface area (Å²) in [6, 6.07) is 12.2. The molecule has 3 rings (SSSR count). The summed E-state index contributed by atoms with van der Waals surface area (Å²) in [7, 11) is 0. The summed E-state index contributed by atoms with van der Waals surface area (Å²) in [6.45, 7) is 0.763. The fraction of sp³-hybridized carbons (Fsp3) is 0.200. The number of nitro groups is 1. The minimum atomic E-state index is -0.403. The van der Waals surface area contributed by atoms with Crippen LogP contribution in [0.4, 0.5) is 11.4 Å². The second-order valence-corrected chi connectivity index (χ2v) is 4.88. The minimum Gasteiger partial charge on any atom is -0.385 e. The first-order chi connectivity index (χ1) is 10.7. The molecule has 0 atom stereocenters. The molecule has 1 aromatic carbocycles. The SMILES string of the molecule is O=[N+]([O-])c1ccc(NCCCc2nnc3ccccn23)cc1. The molecule has 3 aromatic rings. The van der Waals surface area contributed by atoms with Gasteiger partial charge in [-0.25, -0.2) is 0 Å². The zero-order valence-electron chi connectivity index (χ0n) is 11.8. The Bertz CT molecular complexity index is 782. The number of rotatable bonds is 6. The normalized spacial score (nSPS) is 10.7. The molecule has 2 aromatic heterocycles. The zero-order valence-corrected chi connectivity index (χ0v) is 11.8. The van der Waals surface area contributed by atoms with E-state index in [2.05, 4.69) is 15.5 Å². The van der Waals surface area contributed by atoms with Crippen LogP contribution < -0.4 is 5.32 Å². The Hall–Kier alpha value is -2.96. The van der Waals surface area contributed by atoms with E-state index in [0.29, 0.717) is 0 Å². The molecule has 0 spiro atoms. The van der Waals surface area contributed by atoms with Gasteiger partial charge >= 0.3 is 0 Å². The van der Waals surface area contributed by atoms with Crippen molar-refractivity contribution in [2.45, 2.75) is 12.8 Å². The van der Waals surface area contributed by atoms with Gasteiger partial charge in [0.2, 0.25) is 0 Å². The van der Waals surface area contributed by atoms with Crippen LogP contribution in [0.15, 0.2) is 48.7 Å². The second-order valence-electron chi connectivity index (χ2n) is 4.88. The van der Waals surface area contributed by atoms with Gasteiger partial charge in [-0.1, -0.05) is 6.07 Å². The topological polar surface area (TPSA) is 85.4 Å². The molecule has 7 nitrogen and oxygen atoms in total. The van der Waals surface area contributed by atoms with Crippen molar-refractivity contribution in [1.82, 2.24) is 14.6 Å². The molecule has 7 heteroatoms. The Morgan fingerprint density at radius 3 is 2.73 bits per heavy atom. The Balaban J connectivity index is 1.52. The van der Waals surface area contributed by atoms with E-state index in [1.807, 2.05) is 28.8 Å². The van der Waals surface area contributed by atoms with Crippen LogP contribution in [-0.2, 0) is 6.42 Å². The molecule has 0 aliphatic rings. The van der Waals surface area contributed by atoms with Gasteiger partial charge in [0.15, 0.2) is 5.65 Å². The maximum absolute atomic E-state index is 10.6. The summed E-state index contributed by atoms with van der Waals surface area (Å²) in [5.74, 6) is 0.932. The van der Waals surface area contributed by atoms with Crippen molar-refractivity contribution in [3.63, 3.8) is 0 Å². The highest BCUT2D eigenvalue weighted by molar-refractivity contribution is 5.48. The van der Waals surface area contributed by atoms with E-state index in [4.69, 9.17) is 0 Å². The number of nitrogens with one attached hydrogen (secondary N) is 1. The number of fused-ring (bicyclic) bond motifs is 1. The van der Waals surface area contributed by atoms with Gasteiger partial charge in [-0.3, -0.25) is 14.5 Å². The van der Waals surface area contributed by atoms with Crippen molar-refractivity contribution in [2.75, 3.05) is 11.9 Å². The van der Waals surface area contributed by atoms with E-state index < -0.39 is 4.92 Å². The van der Waals surface area contributed by atoms with Crippen LogP contribution in [-0.4, -0.2) is 26.1 Å². The number of aryl methyl sites for hydroxylation is 1. The highest BCUT2D eigenvalue weighted by atomic mass is 16.6. The molecule has 0 saturated carbocycles. The van der Waals surface area contributed by atoms with Crippen LogP contribution in [0.2, 0.25) is 0 Å². The Labute approximate surface area is 126 Å². The lowest BCUT2D eigenvalue weighted by Crippen LogP contribution is -2.04. The number of aromatic nitrogens is 3. The average Bonchev–Trinajstić information content (AvgIpc) is 2.95. The van der Waals surface area contributed by atoms with Gasteiger partial charge in [-0.2, -0.15) is 0 Å². The third kappa shape index (κ3) is 3.03. The van der Waals surface area contributed by atoms with E-state index >= 15 is 0 Å². The van der Waals surface area contributed by atoms with Crippen LogP contribution in [0.1, 0.15) is 12.2 Å². The lowest BCUT2D eigenvalue weighted by Gasteiger charge is -2.05. The molecule has 2 heterocycles. The number of pyridine rings is 1. The summed E-state index contributed by atoms with van der Waals surface area (Å²) in [5.41, 5.74) is 1.82. The van der Waals surface area contributed by atoms with Crippen molar-refractivity contribution < 1.29 is 4.92 Å². The lowest BCUT2D eigenvalue weighted by atomic mass is 10.2. The van der Waals surface area contributed by atoms with Crippen LogP contribution in [0.25, 0.3) is 5.65 Å². The summed E-state index contributed by atoms with van der Waals surface area (Å²) >= 11 is 0. The van der Waals surface area contributed by atoms with E-state index in [-0.39, 0.29) is 5.69 Å². The second kappa shape index (κ2) is 6.21. The summed E-state index contributed by atoms with van der Waals surface area (Å²) in [6.07, 6.45) is 3.66. The van der Waals surface area contributed by atoms with Crippen molar-refractivity contribution in [2.24, 2.45) is 0 Å². The van der Waals surface area contributed by atoms with Crippen LogP contribution in [0, 0.1) is 10.1 Å². The van der Waals surface area contributed by atoms with Crippen molar-refractivity contribution >= 4 is 17.0 Å². The molecule has 0 aliphatic carbocycles. The number of benzene rings is 1. The monoisotopic (exact) mass is 297 g/mol. The largest absolute Gasteiger partial charge is 0.385 e. The standard InChI is InChI=1S/C15H15N5O2/c21-20(22)13-8-6-12(7-9-13)16-10-3-5-15-18-17-14-4-1-2-11-19(14)15/h1-2,4,6-9,11,16H,3,5,10H2. The van der Waals surface area contributed by atoms with E-state index in [9.17, 15) is 10.1 Å². The molecule has 0 unspecified atom stereocenters. The van der Waals surface area contributed by atoms with Gasteiger partial charge in [-0.05, 0) is 30.7 Å². The first-order valence-corrected chi connectivity index (χ1v) is 7.01. The number of non-ortho nitro benzene ring substituents is 1. The van der Waals surface area contributed by atoms with E-state index in [1.165, 1.54) is 12.1 Å². The van der Waals surface area contributed by atoms with Gasteiger partial charge in [0.25, 0.3) is 5.69 Å². The maximum atomic E-state index is 10.6. The number of nitrogens with zero attached hydrogens (tertiary/aromatic N) is 4. The summed E-state index contributed by atoms with van der Waals surface area (Å²) in [4.78, 5) is 10.2. The maximum Gasteiger partial charge on any atom is 0.269 e. The summed E-state index contributed by atoms with van der Waals surface area (Å²) < 4.78 is 1.98. The van der Waals surface area contributed by atoms with Crippen LogP contribution in [0.5, 0.6) is 0 Å². The van der Waals surface area contributed by atoms with Crippen molar-refractivity contribution in [3.05, 3.63) is 64.6 Å². The number of nitro benzene ring substituents is 1. The fourth-order valence-electron chi connectivity index (χ4n) is 2.24. The molecular weight excluding hydrogens is 282 g/mol. The third-order valence-electron chi connectivity index (χ3n) is 3.37. The van der Waals surface area contributed by atoms with Crippen molar-refractivity contribution in [3.8, 4) is 0 Å². The summed E-state index contributed by atoms with van der Waals surface area (Å²) in [5, 5.41) is 22.1. The molecule has 0 radical (unpaired) electrons.